The van der Waals surface area contributed by atoms with E-state index in [1.807, 2.05) is 18.2 Å². The lowest BCUT2D eigenvalue weighted by Crippen LogP contribution is -2.38. The van der Waals surface area contributed by atoms with Crippen LogP contribution >= 0.6 is 31.4 Å². The number of hydrogen-bond acceptors (Lipinski definition) is 15. The van der Waals surface area contributed by atoms with E-state index >= 15 is 0 Å². The van der Waals surface area contributed by atoms with Crippen LogP contribution in [-0.2, 0) is 18.9 Å². The highest BCUT2D eigenvalue weighted by Gasteiger charge is 2.59. The molecule has 0 aliphatic carbocycles. The molecule has 0 unspecified atom stereocenters. The van der Waals surface area contributed by atoms with E-state index in [4.69, 9.17) is 41.4 Å². The predicted molar refractivity (Wildman–Crippen MR) is 243 cm³/mol. The van der Waals surface area contributed by atoms with Gasteiger partial charge in [0.15, 0.2) is 40.9 Å². The number of imidazole rings is 2. The number of fused-ring (bicyclic) bond motifs is 4. The van der Waals surface area contributed by atoms with Crippen molar-refractivity contribution in [3.05, 3.63) is 133 Å². The first-order valence-electron chi connectivity index (χ1n) is 19.3. The van der Waals surface area contributed by atoms with Crippen molar-refractivity contribution in [1.82, 2.24) is 39.0 Å². The summed E-state index contributed by atoms with van der Waals surface area (Å²) >= 11 is 5.16. The zero-order valence-corrected chi connectivity index (χ0v) is 36.3. The summed E-state index contributed by atoms with van der Waals surface area (Å²) in [5, 5.41) is 8.75. The summed E-state index contributed by atoms with van der Waals surface area (Å²) < 4.78 is 26.7. The maximum Gasteiger partial charge on any atom is 0.266 e. The van der Waals surface area contributed by atoms with Gasteiger partial charge >= 0.3 is 0 Å². The molecule has 0 saturated carbocycles. The monoisotopic (exact) mass is 925 g/mol. The summed E-state index contributed by atoms with van der Waals surface area (Å²) in [5.74, 6) is -0.552. The predicted octanol–water partition coefficient (Wildman–Crippen LogP) is 6.07. The first-order chi connectivity index (χ1) is 29.8. The molecule has 334 valence electrons. The zero-order chi connectivity index (χ0) is 42.2. The number of anilines is 2. The Morgan fingerprint density at radius 2 is 1.11 bits per heavy atom. The fourth-order valence-corrected chi connectivity index (χ4v) is 7.57. The third-order valence-electron chi connectivity index (χ3n) is 10.6. The molecule has 3 aromatic carbocycles. The Morgan fingerprint density at radius 3 is 1.56 bits per heavy atom. The molecule has 4 aliphatic rings. The number of nitrogens with zero attached hydrogens (tertiary/aromatic N) is 9. The molecule has 18 nitrogen and oxygen atoms in total. The zero-order valence-electron chi connectivity index (χ0n) is 33.4. The number of epoxide rings is 2. The number of imide groups is 1. The van der Waals surface area contributed by atoms with Crippen LogP contribution in [0.2, 0.25) is 0 Å². The molecule has 4 aliphatic heterocycles. The Bertz CT molecular complexity index is 2670. The van der Waals surface area contributed by atoms with Crippen LogP contribution in [0, 0.1) is 0 Å². The van der Waals surface area contributed by atoms with Crippen molar-refractivity contribution >= 4 is 82.4 Å². The van der Waals surface area contributed by atoms with Crippen LogP contribution in [0.15, 0.2) is 116 Å². The van der Waals surface area contributed by atoms with Gasteiger partial charge in [-0.2, -0.15) is 0 Å². The summed E-state index contributed by atoms with van der Waals surface area (Å²) in [5.41, 5.74) is 8.94. The van der Waals surface area contributed by atoms with E-state index in [-0.39, 0.29) is 88.7 Å². The SMILES string of the molecule is C.CC[C@H]1O[C@@H](n2cnc3c(N(C(=O)c4ccccc4)C(=O)c4ccccc4)ncnc32)[C@H]2O[C@H]21.Nc1ncnc2c1ncn2[C@@H]1O[C@H](CO)[C@@H]2O[C@@H]21.O=C(Cl)c1ccccc1.[PH-2].[PH2-]. The van der Waals surface area contributed by atoms with Gasteiger partial charge in [0.25, 0.3) is 17.1 Å². The van der Waals surface area contributed by atoms with Crippen molar-refractivity contribution in [2.75, 3.05) is 17.2 Å². The molecule has 0 spiro atoms. The van der Waals surface area contributed by atoms with Gasteiger partial charge in [-0.25, -0.2) is 34.8 Å². The fourth-order valence-electron chi connectivity index (χ4n) is 7.44. The minimum atomic E-state index is -0.502. The van der Waals surface area contributed by atoms with Crippen molar-refractivity contribution < 1.29 is 38.4 Å². The number of halogens is 1. The summed E-state index contributed by atoms with van der Waals surface area (Å²) in [7, 11) is 0. The number of nitrogen functional groups attached to an aromatic ring is 1. The van der Waals surface area contributed by atoms with Gasteiger partial charge in [-0.3, -0.25) is 23.5 Å². The minimum Gasteiger partial charge on any atom is -1.51 e. The largest absolute Gasteiger partial charge is 1.51 e. The molecule has 64 heavy (non-hydrogen) atoms. The smallest absolute Gasteiger partial charge is 0.266 e. The highest BCUT2D eigenvalue weighted by Crippen LogP contribution is 2.47. The molecule has 11 rings (SSSR count). The Labute approximate surface area is 378 Å². The van der Waals surface area contributed by atoms with Crippen LogP contribution in [0.4, 0.5) is 11.6 Å². The van der Waals surface area contributed by atoms with Gasteiger partial charge < -0.3 is 49.6 Å². The number of aliphatic hydroxyl groups excluding tert-OH is 1. The molecule has 4 saturated heterocycles. The molecule has 8 atom stereocenters. The van der Waals surface area contributed by atoms with Crippen LogP contribution in [0.3, 0.4) is 0 Å². The van der Waals surface area contributed by atoms with Crippen molar-refractivity contribution in [3.8, 4) is 0 Å². The molecule has 0 radical (unpaired) electrons. The Morgan fingerprint density at radius 1 is 0.656 bits per heavy atom. The number of carbonyl (C=O) groups is 3. The van der Waals surface area contributed by atoms with Crippen LogP contribution in [0.1, 0.15) is 64.3 Å². The second kappa shape index (κ2) is 20.4. The van der Waals surface area contributed by atoms with Crippen molar-refractivity contribution in [2.24, 2.45) is 0 Å². The van der Waals surface area contributed by atoms with Gasteiger partial charge in [0.2, 0.25) is 0 Å². The van der Waals surface area contributed by atoms with Crippen molar-refractivity contribution in [3.63, 3.8) is 0 Å². The Balaban J connectivity index is 0.000000189. The third kappa shape index (κ3) is 9.27. The molecule has 7 aromatic rings. The lowest BCUT2D eigenvalue weighted by molar-refractivity contribution is -0.0823. The van der Waals surface area contributed by atoms with Crippen molar-refractivity contribution in [2.45, 2.75) is 69.9 Å². The molecule has 8 heterocycles. The van der Waals surface area contributed by atoms with Gasteiger partial charge in [-0.15, -0.1) is 0 Å². The van der Waals surface area contributed by atoms with E-state index in [9.17, 15) is 14.4 Å². The average Bonchev–Trinajstić information content (AvgIpc) is 4.05. The number of rotatable bonds is 8. The van der Waals surface area contributed by atoms with E-state index < -0.39 is 17.1 Å². The Kier molecular flexibility index (Phi) is 15.3. The molecule has 4 aromatic heterocycles. The maximum absolute atomic E-state index is 13.6. The first-order valence-corrected chi connectivity index (χ1v) is 19.7. The van der Waals surface area contributed by atoms with Gasteiger partial charge in [0, 0.05) is 16.7 Å². The van der Waals surface area contributed by atoms with Gasteiger partial charge in [0.1, 0.15) is 48.7 Å². The number of ether oxygens (including phenoxy) is 4. The molecule has 2 amide bonds. The van der Waals surface area contributed by atoms with E-state index in [1.54, 1.807) is 94.6 Å². The third-order valence-corrected chi connectivity index (χ3v) is 10.8. The standard InChI is InChI=1S/C25H21N5O4.C10H11N5O3.C7H5ClO.CH4.H2P.HP/c1-2-17-19-20(34-19)25(33-17)29-14-28-18-21(29)26-13-27-22(18)30(23(31)15-9-5-3-6-10-15)24(32)16-11-7-4-8-12-16;11-8-5-9(13-2-12-8)15(3-14-5)10-7-6(18-7)4(1-16)17-10;8-7(9)6-4-2-1-3-5-6;;;/h3-14,17,19-20,25H,2H2,1H3;2-4,6-7,10,16H,1H2,(H2,11,12,13);1-5H;1H4;1H2;1H/q;;;;-1;-2/t17-,19+,20+,25-;4-,6+,7+,10-;;;;/m11..../s1. The van der Waals surface area contributed by atoms with E-state index in [1.165, 1.54) is 12.7 Å². The highest BCUT2D eigenvalue weighted by molar-refractivity contribution is 6.92. The topological polar surface area (TPSA) is 231 Å². The maximum atomic E-state index is 13.6. The van der Waals surface area contributed by atoms with Crippen LogP contribution < -0.4 is 10.6 Å². The summed E-state index contributed by atoms with van der Waals surface area (Å²) in [6.07, 6.45) is 5.76. The summed E-state index contributed by atoms with van der Waals surface area (Å²) in [6, 6.07) is 26.0. The highest BCUT2D eigenvalue weighted by atomic mass is 35.5. The number of aromatic nitrogens is 8. The number of benzene rings is 3. The molecular weight excluding hydrogens is 882 g/mol. The van der Waals surface area contributed by atoms with Crippen LogP contribution in [-0.4, -0.2) is 104 Å². The van der Waals surface area contributed by atoms with Crippen molar-refractivity contribution in [1.29, 1.82) is 0 Å². The molecule has 3 N–H and O–H groups in total. The average molecular weight is 926 g/mol. The fraction of sp³-hybridized carbons (Fsp3) is 0.279. The summed E-state index contributed by atoms with van der Waals surface area (Å²) in [4.78, 5) is 64.1. The van der Waals surface area contributed by atoms with Crippen LogP contribution in [0.5, 0.6) is 0 Å². The summed E-state index contributed by atoms with van der Waals surface area (Å²) in [6.45, 7) is 2.00. The van der Waals surface area contributed by atoms with Crippen LogP contribution in [0.25, 0.3) is 22.3 Å². The van der Waals surface area contributed by atoms with E-state index in [0.29, 0.717) is 44.8 Å². The quantitative estimate of drug-likeness (QED) is 0.0762. The van der Waals surface area contributed by atoms with E-state index in [0.717, 1.165) is 11.3 Å². The number of carbonyl (C=O) groups excluding carboxylic acids is 3. The Hall–Kier alpha value is -5.68. The van der Waals surface area contributed by atoms with Gasteiger partial charge in [-0.1, -0.05) is 81.1 Å². The molecule has 21 heteroatoms. The lowest BCUT2D eigenvalue weighted by Gasteiger charge is -2.21. The molecule has 4 fully saturated rings. The first kappa shape index (κ1) is 47.8. The molecule has 0 bridgehead atoms. The number of amides is 2. The second-order valence-corrected chi connectivity index (χ2v) is 14.6. The number of nitrogens with two attached hydrogens (primary N) is 1. The number of aliphatic hydroxyl groups is 1. The van der Waals surface area contributed by atoms with Gasteiger partial charge in [0.05, 0.1) is 25.4 Å². The van der Waals surface area contributed by atoms with E-state index in [2.05, 4.69) is 36.8 Å². The normalized spacial score (nSPS) is 23.0. The lowest BCUT2D eigenvalue weighted by atomic mass is 10.1. The van der Waals surface area contributed by atoms with Gasteiger partial charge in [-0.05, 0) is 42.3 Å². The number of hydrogen-bond donors (Lipinski definition) is 2. The minimum absolute atomic E-state index is 0. The molecular formula is C43H44ClN10O8P2-3. The second-order valence-electron chi connectivity index (χ2n) is 14.3.